The number of hydrogen-bond acceptors (Lipinski definition) is 8. The predicted molar refractivity (Wildman–Crippen MR) is 126 cm³/mol. The first-order chi connectivity index (χ1) is 16.4. The van der Waals surface area contributed by atoms with Gasteiger partial charge in [-0.2, -0.15) is 5.26 Å². The molecule has 0 fully saturated rings. The fourth-order valence-corrected chi connectivity index (χ4v) is 5.26. The van der Waals surface area contributed by atoms with Crippen molar-refractivity contribution in [1.29, 1.82) is 5.26 Å². The molecule has 34 heavy (non-hydrogen) atoms. The van der Waals surface area contributed by atoms with Crippen molar-refractivity contribution in [2.24, 2.45) is 4.99 Å². The average molecular weight is 470 g/mol. The summed E-state index contributed by atoms with van der Waals surface area (Å²) >= 11 is 1.62. The van der Waals surface area contributed by atoms with Gasteiger partial charge in [-0.15, -0.1) is 21.5 Å². The molecule has 1 aliphatic heterocycles. The average Bonchev–Trinajstić information content (AvgIpc) is 3.31. The summed E-state index contributed by atoms with van der Waals surface area (Å²) in [4.78, 5) is 26.1. The molecule has 0 saturated heterocycles. The van der Waals surface area contributed by atoms with Crippen molar-refractivity contribution in [3.05, 3.63) is 75.6 Å². The molecule has 0 spiro atoms. The second-order valence-electron chi connectivity index (χ2n) is 7.97. The van der Waals surface area contributed by atoms with E-state index in [1.165, 1.54) is 6.20 Å². The summed E-state index contributed by atoms with van der Waals surface area (Å²) in [5, 5.41) is 28.1. The molecule has 168 valence electrons. The normalized spacial score (nSPS) is 14.5. The summed E-state index contributed by atoms with van der Waals surface area (Å²) in [7, 11) is 0. The summed E-state index contributed by atoms with van der Waals surface area (Å²) in [5.41, 5.74) is 5.28. The first kappa shape index (κ1) is 21.6. The number of aliphatic carboxylic acids is 1. The fraction of sp³-hybridized carbons (Fsp3) is 0.208. The van der Waals surface area contributed by atoms with Gasteiger partial charge < -0.3 is 5.11 Å². The van der Waals surface area contributed by atoms with E-state index >= 15 is 0 Å². The van der Waals surface area contributed by atoms with E-state index < -0.39 is 12.0 Å². The first-order valence-electron chi connectivity index (χ1n) is 10.5. The molecule has 0 radical (unpaired) electrons. The zero-order valence-electron chi connectivity index (χ0n) is 18.6. The van der Waals surface area contributed by atoms with Crippen LogP contribution in [0.1, 0.15) is 51.4 Å². The number of aliphatic imine (C=N–C) groups is 1. The molecule has 9 nitrogen and oxygen atoms in total. The molecule has 1 atom stereocenters. The Morgan fingerprint density at radius 3 is 2.59 bits per heavy atom. The second-order valence-corrected chi connectivity index (χ2v) is 9.18. The van der Waals surface area contributed by atoms with E-state index in [1.807, 2.05) is 41.8 Å². The van der Waals surface area contributed by atoms with E-state index in [2.05, 4.69) is 34.0 Å². The van der Waals surface area contributed by atoms with Crippen LogP contribution in [0.2, 0.25) is 0 Å². The minimum absolute atomic E-state index is 0.191. The molecule has 4 heterocycles. The van der Waals surface area contributed by atoms with Crippen LogP contribution in [0, 0.1) is 32.1 Å². The molecule has 1 N–H and O–H groups in total. The minimum atomic E-state index is -0.954. The lowest BCUT2D eigenvalue weighted by Crippen LogP contribution is -2.10. The van der Waals surface area contributed by atoms with Crippen molar-refractivity contribution >= 4 is 23.0 Å². The Morgan fingerprint density at radius 1 is 1.15 bits per heavy atom. The SMILES string of the molecule is Cc1sc2c(c1C)C(c1ccc(-c3cncc(C#N)n3)cc1)=N[C@@H](CC(=O)O)c1nnc(C)n1-2. The molecule has 4 aromatic rings. The molecule has 10 heteroatoms. The highest BCUT2D eigenvalue weighted by Crippen LogP contribution is 2.39. The second kappa shape index (κ2) is 8.28. The third-order valence-electron chi connectivity index (χ3n) is 5.81. The van der Waals surface area contributed by atoms with Gasteiger partial charge in [-0.1, -0.05) is 24.3 Å². The number of aromatic nitrogens is 5. The lowest BCUT2D eigenvalue weighted by molar-refractivity contribution is -0.137. The highest BCUT2D eigenvalue weighted by Gasteiger charge is 2.32. The summed E-state index contributed by atoms with van der Waals surface area (Å²) < 4.78 is 1.93. The van der Waals surface area contributed by atoms with Gasteiger partial charge in [-0.25, -0.2) is 4.98 Å². The van der Waals surface area contributed by atoms with Crippen LogP contribution in [0.25, 0.3) is 16.3 Å². The van der Waals surface area contributed by atoms with Crippen LogP contribution < -0.4 is 0 Å². The monoisotopic (exact) mass is 469 g/mol. The summed E-state index contributed by atoms with van der Waals surface area (Å²) in [6.45, 7) is 5.97. The molecule has 0 saturated carbocycles. The number of nitriles is 1. The van der Waals surface area contributed by atoms with Crippen molar-refractivity contribution in [3.8, 4) is 22.3 Å². The van der Waals surface area contributed by atoms with Crippen molar-refractivity contribution in [3.63, 3.8) is 0 Å². The first-order valence-corrected chi connectivity index (χ1v) is 11.3. The number of aryl methyl sites for hydroxylation is 2. The third kappa shape index (κ3) is 3.56. The Hall–Kier alpha value is -4.23. The Morgan fingerprint density at radius 2 is 1.88 bits per heavy atom. The maximum Gasteiger partial charge on any atom is 0.306 e. The van der Waals surface area contributed by atoms with E-state index in [9.17, 15) is 9.90 Å². The van der Waals surface area contributed by atoms with Gasteiger partial charge in [-0.05, 0) is 26.3 Å². The number of hydrogen-bond donors (Lipinski definition) is 1. The topological polar surface area (TPSA) is 130 Å². The number of carbonyl (C=O) groups is 1. The molecular formula is C24H19N7O2S. The van der Waals surface area contributed by atoms with Gasteiger partial charge in [0.25, 0.3) is 0 Å². The van der Waals surface area contributed by atoms with E-state index in [0.717, 1.165) is 37.8 Å². The van der Waals surface area contributed by atoms with Crippen molar-refractivity contribution in [1.82, 2.24) is 24.7 Å². The van der Waals surface area contributed by atoms with E-state index in [1.54, 1.807) is 17.5 Å². The maximum atomic E-state index is 11.7. The molecular weight excluding hydrogens is 450 g/mol. The summed E-state index contributed by atoms with van der Waals surface area (Å²) in [5.74, 6) is 0.262. The Kier molecular flexibility index (Phi) is 5.26. The largest absolute Gasteiger partial charge is 0.481 e. The van der Waals surface area contributed by atoms with Gasteiger partial charge in [0.15, 0.2) is 11.5 Å². The molecule has 1 aromatic carbocycles. The third-order valence-corrected chi connectivity index (χ3v) is 7.00. The highest BCUT2D eigenvalue weighted by molar-refractivity contribution is 7.15. The van der Waals surface area contributed by atoms with Crippen molar-refractivity contribution in [2.75, 3.05) is 0 Å². The smallest absolute Gasteiger partial charge is 0.306 e. The van der Waals surface area contributed by atoms with E-state index in [0.29, 0.717) is 17.3 Å². The van der Waals surface area contributed by atoms with Gasteiger partial charge in [-0.3, -0.25) is 19.3 Å². The van der Waals surface area contributed by atoms with Gasteiger partial charge in [0.2, 0.25) is 0 Å². The number of carboxylic acids is 1. The zero-order chi connectivity index (χ0) is 24.0. The van der Waals surface area contributed by atoms with Crippen LogP contribution >= 0.6 is 11.3 Å². The maximum absolute atomic E-state index is 11.7. The molecule has 5 rings (SSSR count). The molecule has 0 unspecified atom stereocenters. The van der Waals surface area contributed by atoms with Crippen LogP contribution in [0.5, 0.6) is 0 Å². The van der Waals surface area contributed by atoms with Crippen LogP contribution in [-0.4, -0.2) is 41.5 Å². The number of carboxylic acid groups (broad SMARTS) is 1. The van der Waals surface area contributed by atoms with Gasteiger partial charge in [0.05, 0.1) is 30.2 Å². The van der Waals surface area contributed by atoms with E-state index in [-0.39, 0.29) is 12.1 Å². The summed E-state index contributed by atoms with van der Waals surface area (Å²) in [6.07, 6.45) is 2.84. The van der Waals surface area contributed by atoms with Crippen LogP contribution in [0.3, 0.4) is 0 Å². The van der Waals surface area contributed by atoms with Gasteiger partial charge in [0, 0.05) is 21.6 Å². The fourth-order valence-electron chi connectivity index (χ4n) is 4.05. The quantitative estimate of drug-likeness (QED) is 0.479. The molecule has 3 aromatic heterocycles. The molecule has 0 aliphatic carbocycles. The zero-order valence-corrected chi connectivity index (χ0v) is 19.5. The van der Waals surface area contributed by atoms with Gasteiger partial charge >= 0.3 is 5.97 Å². The van der Waals surface area contributed by atoms with Crippen molar-refractivity contribution < 1.29 is 9.90 Å². The molecule has 1 aliphatic rings. The Bertz CT molecular complexity index is 1510. The van der Waals surface area contributed by atoms with Crippen molar-refractivity contribution in [2.45, 2.75) is 33.2 Å². The number of rotatable bonds is 4. The lowest BCUT2D eigenvalue weighted by atomic mass is 9.98. The Labute approximate surface area is 199 Å². The summed E-state index contributed by atoms with van der Waals surface area (Å²) in [6, 6.07) is 9.00. The highest BCUT2D eigenvalue weighted by atomic mass is 32.1. The molecule has 0 bridgehead atoms. The van der Waals surface area contributed by atoms with Gasteiger partial charge in [0.1, 0.15) is 22.9 Å². The number of nitrogens with zero attached hydrogens (tertiary/aromatic N) is 7. The lowest BCUT2D eigenvalue weighted by Gasteiger charge is -2.11. The standard InChI is InChI=1S/C24H19N7O2S/c1-12-13(2)34-24-21(12)22(28-18(8-20(32)33)23-30-29-14(3)31(23)24)16-6-4-15(5-7-16)19-11-26-10-17(9-25)27-19/h4-7,10-11,18H,8H2,1-3H3,(H,32,33)/t18-/m0/s1. The van der Waals surface area contributed by atoms with Crippen LogP contribution in [-0.2, 0) is 4.79 Å². The molecule has 0 amide bonds. The minimum Gasteiger partial charge on any atom is -0.481 e. The number of benzene rings is 1. The Balaban J connectivity index is 1.67. The number of thiophene rings is 1. The number of fused-ring (bicyclic) bond motifs is 3. The van der Waals surface area contributed by atoms with E-state index in [4.69, 9.17) is 10.3 Å². The predicted octanol–water partition coefficient (Wildman–Crippen LogP) is 3.95. The van der Waals surface area contributed by atoms with Crippen LogP contribution in [0.15, 0.2) is 41.7 Å². The van der Waals surface area contributed by atoms with Crippen LogP contribution in [0.4, 0.5) is 0 Å².